The number of thiophene rings is 1. The third-order valence-corrected chi connectivity index (χ3v) is 4.50. The summed E-state index contributed by atoms with van der Waals surface area (Å²) in [6.07, 6.45) is 3.71. The summed E-state index contributed by atoms with van der Waals surface area (Å²) in [5.74, 6) is 0.503. The summed E-state index contributed by atoms with van der Waals surface area (Å²) < 4.78 is 0.802. The molecule has 0 radical (unpaired) electrons. The van der Waals surface area contributed by atoms with Crippen LogP contribution in [0, 0.1) is 5.92 Å². The molecule has 4 heteroatoms. The normalized spacial score (nSPS) is 29.0. The van der Waals surface area contributed by atoms with Crippen LogP contribution >= 0.6 is 22.9 Å². The van der Waals surface area contributed by atoms with E-state index in [4.69, 9.17) is 17.3 Å². The van der Waals surface area contributed by atoms with Gasteiger partial charge in [-0.3, -0.25) is 0 Å². The lowest BCUT2D eigenvalue weighted by Crippen LogP contribution is -2.27. The molecule has 0 aliphatic heterocycles. The number of nitrogens with two attached hydrogens (primary N) is 1. The summed E-state index contributed by atoms with van der Waals surface area (Å²) in [5.41, 5.74) is 6.20. The van der Waals surface area contributed by atoms with Crippen LogP contribution in [0.25, 0.3) is 0 Å². The number of hydrogen-bond donors (Lipinski definition) is 2. The maximum absolute atomic E-state index is 9.42. The highest BCUT2D eigenvalue weighted by molar-refractivity contribution is 7.16. The van der Waals surface area contributed by atoms with Crippen LogP contribution in [0.4, 0.5) is 0 Å². The van der Waals surface area contributed by atoms with Crippen molar-refractivity contribution in [1.82, 2.24) is 0 Å². The van der Waals surface area contributed by atoms with Gasteiger partial charge >= 0.3 is 0 Å². The van der Waals surface area contributed by atoms with Crippen LogP contribution in [0.5, 0.6) is 0 Å². The monoisotopic (exact) mass is 245 g/mol. The molecule has 1 aromatic heterocycles. The van der Waals surface area contributed by atoms with Crippen molar-refractivity contribution >= 4 is 22.9 Å². The second-order valence-corrected chi connectivity index (χ2v) is 5.98. The van der Waals surface area contributed by atoms with Gasteiger partial charge in [0, 0.05) is 10.9 Å². The second-order valence-electron chi connectivity index (χ2n) is 4.24. The van der Waals surface area contributed by atoms with Gasteiger partial charge in [0.2, 0.25) is 0 Å². The van der Waals surface area contributed by atoms with Gasteiger partial charge < -0.3 is 10.8 Å². The summed E-state index contributed by atoms with van der Waals surface area (Å²) in [7, 11) is 0. The number of hydrogen-bond acceptors (Lipinski definition) is 3. The Hall–Kier alpha value is -0.0900. The minimum absolute atomic E-state index is 0.0926. The molecule has 1 aliphatic rings. The van der Waals surface area contributed by atoms with E-state index in [1.54, 1.807) is 11.3 Å². The molecular formula is C11H16ClNOS. The van der Waals surface area contributed by atoms with Crippen LogP contribution in [-0.2, 0) is 0 Å². The van der Waals surface area contributed by atoms with E-state index >= 15 is 0 Å². The SMILES string of the molecule is NC(c1ccc(Cl)s1)C1CCC(O)CC1. The first-order chi connectivity index (χ1) is 7.16. The summed E-state index contributed by atoms with van der Waals surface area (Å²) >= 11 is 7.46. The van der Waals surface area contributed by atoms with Gasteiger partial charge in [0.25, 0.3) is 0 Å². The third kappa shape index (κ3) is 2.72. The van der Waals surface area contributed by atoms with Crippen LogP contribution in [0.2, 0.25) is 4.34 Å². The lowest BCUT2D eigenvalue weighted by Gasteiger charge is -2.29. The largest absolute Gasteiger partial charge is 0.393 e. The quantitative estimate of drug-likeness (QED) is 0.842. The highest BCUT2D eigenvalue weighted by Gasteiger charge is 2.26. The molecule has 1 atom stereocenters. The first-order valence-corrected chi connectivity index (χ1v) is 6.55. The van der Waals surface area contributed by atoms with Crippen molar-refractivity contribution in [3.8, 4) is 0 Å². The van der Waals surface area contributed by atoms with Crippen molar-refractivity contribution < 1.29 is 5.11 Å². The van der Waals surface area contributed by atoms with Crippen molar-refractivity contribution in [3.05, 3.63) is 21.3 Å². The van der Waals surface area contributed by atoms with Crippen molar-refractivity contribution in [2.45, 2.75) is 37.8 Å². The fourth-order valence-corrected chi connectivity index (χ4v) is 3.36. The van der Waals surface area contributed by atoms with Gasteiger partial charge in [0.05, 0.1) is 10.4 Å². The standard InChI is InChI=1S/C11H16ClNOS/c12-10-6-5-9(15-10)11(13)7-1-3-8(14)4-2-7/h5-8,11,14H,1-4,13H2. The lowest BCUT2D eigenvalue weighted by molar-refractivity contribution is 0.102. The third-order valence-electron chi connectivity index (χ3n) is 3.17. The summed E-state index contributed by atoms with van der Waals surface area (Å²) in [5, 5.41) is 9.42. The van der Waals surface area contributed by atoms with Crippen LogP contribution in [0.15, 0.2) is 12.1 Å². The van der Waals surface area contributed by atoms with E-state index in [1.807, 2.05) is 12.1 Å². The van der Waals surface area contributed by atoms with Crippen LogP contribution < -0.4 is 5.73 Å². The maximum Gasteiger partial charge on any atom is 0.0931 e. The van der Waals surface area contributed by atoms with E-state index in [-0.39, 0.29) is 12.1 Å². The van der Waals surface area contributed by atoms with Gasteiger partial charge in [-0.2, -0.15) is 0 Å². The average Bonchev–Trinajstić information content (AvgIpc) is 2.65. The maximum atomic E-state index is 9.42. The predicted octanol–water partition coefficient (Wildman–Crippen LogP) is 2.95. The molecule has 0 bridgehead atoms. The molecule has 0 spiro atoms. The summed E-state index contributed by atoms with van der Waals surface area (Å²) in [4.78, 5) is 1.17. The molecule has 2 rings (SSSR count). The molecule has 0 saturated heterocycles. The number of halogens is 1. The Kier molecular flexibility index (Phi) is 3.67. The van der Waals surface area contributed by atoms with E-state index in [1.165, 1.54) is 4.88 Å². The smallest absolute Gasteiger partial charge is 0.0931 e. The number of rotatable bonds is 2. The van der Waals surface area contributed by atoms with E-state index in [9.17, 15) is 5.11 Å². The van der Waals surface area contributed by atoms with Crippen molar-refractivity contribution in [3.63, 3.8) is 0 Å². The van der Waals surface area contributed by atoms with Gasteiger partial charge in [-0.25, -0.2) is 0 Å². The minimum atomic E-state index is -0.111. The van der Waals surface area contributed by atoms with Gasteiger partial charge in [0.1, 0.15) is 0 Å². The molecule has 0 aromatic carbocycles. The molecule has 15 heavy (non-hydrogen) atoms. The number of aliphatic hydroxyl groups excluding tert-OH is 1. The van der Waals surface area contributed by atoms with Gasteiger partial charge in [-0.1, -0.05) is 11.6 Å². The topological polar surface area (TPSA) is 46.2 Å². The molecule has 3 N–H and O–H groups in total. The molecule has 2 nitrogen and oxygen atoms in total. The Morgan fingerprint density at radius 1 is 1.33 bits per heavy atom. The minimum Gasteiger partial charge on any atom is -0.393 e. The summed E-state index contributed by atoms with van der Waals surface area (Å²) in [6, 6.07) is 4.01. The fourth-order valence-electron chi connectivity index (χ4n) is 2.20. The molecule has 1 saturated carbocycles. The molecule has 1 aliphatic carbocycles. The number of aliphatic hydroxyl groups is 1. The van der Waals surface area contributed by atoms with Crippen LogP contribution in [0.1, 0.15) is 36.6 Å². The van der Waals surface area contributed by atoms with Crippen molar-refractivity contribution in [2.75, 3.05) is 0 Å². The average molecular weight is 246 g/mol. The zero-order valence-corrected chi connectivity index (χ0v) is 10.1. The lowest BCUT2D eigenvalue weighted by atomic mass is 9.82. The fraction of sp³-hybridized carbons (Fsp3) is 0.636. The van der Waals surface area contributed by atoms with Gasteiger partial charge in [-0.15, -0.1) is 11.3 Å². The van der Waals surface area contributed by atoms with Gasteiger partial charge in [-0.05, 0) is 43.7 Å². The van der Waals surface area contributed by atoms with Crippen molar-refractivity contribution in [2.24, 2.45) is 11.7 Å². The van der Waals surface area contributed by atoms with E-state index in [0.717, 1.165) is 30.0 Å². The van der Waals surface area contributed by atoms with Crippen LogP contribution in [-0.4, -0.2) is 11.2 Å². The van der Waals surface area contributed by atoms with Crippen LogP contribution in [0.3, 0.4) is 0 Å². The highest BCUT2D eigenvalue weighted by Crippen LogP contribution is 2.36. The Morgan fingerprint density at radius 2 is 2.00 bits per heavy atom. The van der Waals surface area contributed by atoms with E-state index < -0.39 is 0 Å². The Bertz CT molecular complexity index is 320. The summed E-state index contributed by atoms with van der Waals surface area (Å²) in [6.45, 7) is 0. The van der Waals surface area contributed by atoms with Gasteiger partial charge in [0.15, 0.2) is 0 Å². The highest BCUT2D eigenvalue weighted by atomic mass is 35.5. The Morgan fingerprint density at radius 3 is 2.53 bits per heavy atom. The van der Waals surface area contributed by atoms with E-state index in [2.05, 4.69) is 0 Å². The molecule has 84 valence electrons. The second kappa shape index (κ2) is 4.83. The Labute approximate surface area is 99.1 Å². The zero-order valence-electron chi connectivity index (χ0n) is 8.53. The molecule has 1 heterocycles. The molecular weight excluding hydrogens is 230 g/mol. The Balaban J connectivity index is 1.99. The predicted molar refractivity (Wildman–Crippen MR) is 64.2 cm³/mol. The molecule has 1 aromatic rings. The first-order valence-electron chi connectivity index (χ1n) is 5.35. The molecule has 1 unspecified atom stereocenters. The zero-order chi connectivity index (χ0) is 10.8. The van der Waals surface area contributed by atoms with E-state index in [0.29, 0.717) is 5.92 Å². The van der Waals surface area contributed by atoms with Crippen molar-refractivity contribution in [1.29, 1.82) is 0 Å². The molecule has 0 amide bonds. The first kappa shape index (κ1) is 11.4. The molecule has 1 fully saturated rings.